The lowest BCUT2D eigenvalue weighted by Gasteiger charge is -2.51. The van der Waals surface area contributed by atoms with Gasteiger partial charge in [-0.15, -0.1) is 0 Å². The highest BCUT2D eigenvalue weighted by atomic mass is 28.3. The summed E-state index contributed by atoms with van der Waals surface area (Å²) in [6, 6.07) is 101. The van der Waals surface area contributed by atoms with Crippen molar-refractivity contribution in [3.63, 3.8) is 0 Å². The van der Waals surface area contributed by atoms with E-state index in [-0.39, 0.29) is 0 Å². The predicted octanol–water partition coefficient (Wildman–Crippen LogP) is 13.8. The lowest BCUT2D eigenvalue weighted by atomic mass is 9.63. The molecule has 68 heavy (non-hydrogen) atoms. The molecule has 2 aliphatic rings. The zero-order valence-electron chi connectivity index (χ0n) is 37.3. The molecule has 11 aromatic rings. The number of ether oxygens (including phenoxy) is 1. The monoisotopic (exact) mass is 883 g/mol. The fraction of sp³-hybridized carbons (Fsp3) is 0.0154. The summed E-state index contributed by atoms with van der Waals surface area (Å²) >= 11 is 0. The second kappa shape index (κ2) is 16.1. The lowest BCUT2D eigenvalue weighted by Crippen LogP contribution is -2.79. The standard InChI is InChI=1S/C65H45NOSi/c1-4-20-46(21-5-1)47-38-41-51(42-39-47)66(60-34-19-23-48-22-10-11-30-55(48)60)52-25-18-24-49(44-52)50-40-43-57-62(45-50)67-61-35-15-12-31-56(61)65(57)58-32-13-16-36-63(58)68(53-26-6-2-7-27-53,54-28-8-3-9-29-54)64-37-17-14-33-59(64)65/h1-45H. The van der Waals surface area contributed by atoms with E-state index in [0.717, 1.165) is 50.8 Å². The number of nitrogens with zero attached hydrogens (tertiary/aromatic N) is 1. The van der Waals surface area contributed by atoms with Crippen LogP contribution in [0.3, 0.4) is 0 Å². The van der Waals surface area contributed by atoms with Crippen molar-refractivity contribution in [1.29, 1.82) is 0 Å². The first-order valence-corrected chi connectivity index (χ1v) is 25.5. The highest BCUT2D eigenvalue weighted by Gasteiger charge is 2.57. The second-order valence-electron chi connectivity index (χ2n) is 17.9. The Kier molecular flexibility index (Phi) is 9.45. The van der Waals surface area contributed by atoms with Gasteiger partial charge in [0.05, 0.1) is 11.1 Å². The normalized spacial score (nSPS) is 13.6. The van der Waals surface area contributed by atoms with Crippen molar-refractivity contribution in [3.05, 3.63) is 295 Å². The Morgan fingerprint density at radius 3 is 1.53 bits per heavy atom. The number of anilines is 3. The smallest absolute Gasteiger partial charge is 0.180 e. The molecule has 0 saturated carbocycles. The van der Waals surface area contributed by atoms with Gasteiger partial charge in [0.2, 0.25) is 0 Å². The van der Waals surface area contributed by atoms with Crippen LogP contribution in [0.25, 0.3) is 33.0 Å². The molecule has 0 amide bonds. The van der Waals surface area contributed by atoms with E-state index >= 15 is 0 Å². The fourth-order valence-electron chi connectivity index (χ4n) is 11.6. The van der Waals surface area contributed by atoms with Crippen LogP contribution < -0.4 is 30.4 Å². The predicted molar refractivity (Wildman–Crippen MR) is 285 cm³/mol. The van der Waals surface area contributed by atoms with Crippen molar-refractivity contribution in [2.24, 2.45) is 0 Å². The van der Waals surface area contributed by atoms with Gasteiger partial charge in [-0.2, -0.15) is 0 Å². The summed E-state index contributed by atoms with van der Waals surface area (Å²) in [6.07, 6.45) is 0. The molecule has 0 aromatic heterocycles. The molecule has 0 saturated heterocycles. The second-order valence-corrected chi connectivity index (χ2v) is 21.7. The van der Waals surface area contributed by atoms with Crippen LogP contribution in [0.2, 0.25) is 0 Å². The summed E-state index contributed by atoms with van der Waals surface area (Å²) in [5.74, 6) is 1.75. The van der Waals surface area contributed by atoms with Crippen LogP contribution in [0.5, 0.6) is 11.5 Å². The molecular weight excluding hydrogens is 839 g/mol. The van der Waals surface area contributed by atoms with Crippen molar-refractivity contribution in [2.45, 2.75) is 5.41 Å². The van der Waals surface area contributed by atoms with E-state index in [1.54, 1.807) is 0 Å². The number of hydrogen-bond donors (Lipinski definition) is 0. The average Bonchev–Trinajstić information content (AvgIpc) is 3.42. The highest BCUT2D eigenvalue weighted by molar-refractivity contribution is 7.20. The lowest BCUT2D eigenvalue weighted by molar-refractivity contribution is 0.435. The van der Waals surface area contributed by atoms with Gasteiger partial charge in [-0.05, 0) is 102 Å². The summed E-state index contributed by atoms with van der Waals surface area (Å²) in [4.78, 5) is 2.40. The molecular formula is C65H45NOSi. The Hall–Kier alpha value is -8.50. The molecule has 0 N–H and O–H groups in total. The summed E-state index contributed by atoms with van der Waals surface area (Å²) in [5, 5.41) is 7.95. The first-order chi connectivity index (χ1) is 33.7. The van der Waals surface area contributed by atoms with E-state index < -0.39 is 13.5 Å². The van der Waals surface area contributed by atoms with Crippen LogP contribution in [-0.4, -0.2) is 8.07 Å². The molecule has 0 aliphatic carbocycles. The van der Waals surface area contributed by atoms with E-state index in [2.05, 4.69) is 278 Å². The highest BCUT2D eigenvalue weighted by Crippen LogP contribution is 2.57. The molecule has 0 fully saturated rings. The molecule has 2 aliphatic heterocycles. The molecule has 13 rings (SSSR count). The fourth-order valence-corrected chi connectivity index (χ4v) is 16.9. The number of hydrogen-bond acceptors (Lipinski definition) is 2. The SMILES string of the molecule is c1ccc(-c2ccc(N(c3cccc(-c4ccc5c(c4)Oc4ccccc4C54c5ccccc5[Si](c5ccccc5)(c5ccccc5)c5ccccc54)c3)c3cccc4ccccc34)cc2)cc1. The number of fused-ring (bicyclic) bond motifs is 9. The van der Waals surface area contributed by atoms with E-state index in [0.29, 0.717) is 0 Å². The Labute approximate surface area is 398 Å². The Morgan fingerprint density at radius 2 is 0.824 bits per heavy atom. The number of rotatable bonds is 7. The zero-order chi connectivity index (χ0) is 45.1. The van der Waals surface area contributed by atoms with Crippen LogP contribution in [0.15, 0.2) is 273 Å². The van der Waals surface area contributed by atoms with E-state index in [1.807, 2.05) is 0 Å². The number of para-hydroxylation sites is 1. The van der Waals surface area contributed by atoms with Crippen LogP contribution in [0, 0.1) is 0 Å². The van der Waals surface area contributed by atoms with Gasteiger partial charge in [0.1, 0.15) is 11.5 Å². The first-order valence-electron chi connectivity index (χ1n) is 23.5. The zero-order valence-corrected chi connectivity index (χ0v) is 38.3. The molecule has 2 heterocycles. The minimum atomic E-state index is -2.85. The van der Waals surface area contributed by atoms with Gasteiger partial charge in [0, 0.05) is 27.9 Å². The maximum Gasteiger partial charge on any atom is 0.180 e. The summed E-state index contributed by atoms with van der Waals surface area (Å²) in [7, 11) is -2.85. The molecule has 11 aromatic carbocycles. The van der Waals surface area contributed by atoms with E-state index in [9.17, 15) is 0 Å². The Morgan fingerprint density at radius 1 is 0.324 bits per heavy atom. The van der Waals surface area contributed by atoms with Crippen LogP contribution >= 0.6 is 0 Å². The Balaban J connectivity index is 1.00. The van der Waals surface area contributed by atoms with Gasteiger partial charge in [-0.1, -0.05) is 231 Å². The average molecular weight is 884 g/mol. The van der Waals surface area contributed by atoms with Crippen LogP contribution in [-0.2, 0) is 5.41 Å². The molecule has 3 heteroatoms. The van der Waals surface area contributed by atoms with Crippen molar-refractivity contribution >= 4 is 56.7 Å². The molecule has 0 radical (unpaired) electrons. The van der Waals surface area contributed by atoms with Crippen molar-refractivity contribution in [3.8, 4) is 33.8 Å². The van der Waals surface area contributed by atoms with Gasteiger partial charge < -0.3 is 9.64 Å². The van der Waals surface area contributed by atoms with Gasteiger partial charge >= 0.3 is 0 Å². The third-order valence-corrected chi connectivity index (χ3v) is 19.3. The van der Waals surface area contributed by atoms with Crippen molar-refractivity contribution in [2.75, 3.05) is 4.90 Å². The number of benzene rings is 11. The summed E-state index contributed by atoms with van der Waals surface area (Å²) < 4.78 is 7.13. The molecule has 0 bridgehead atoms. The maximum atomic E-state index is 7.13. The molecule has 320 valence electrons. The van der Waals surface area contributed by atoms with Crippen molar-refractivity contribution in [1.82, 2.24) is 0 Å². The summed E-state index contributed by atoms with van der Waals surface area (Å²) in [5.41, 5.74) is 12.2. The minimum Gasteiger partial charge on any atom is -0.457 e. The van der Waals surface area contributed by atoms with Gasteiger partial charge in [0.15, 0.2) is 8.07 Å². The van der Waals surface area contributed by atoms with E-state index in [4.69, 9.17) is 4.74 Å². The topological polar surface area (TPSA) is 12.5 Å². The minimum absolute atomic E-state index is 0.644. The molecule has 0 atom stereocenters. The van der Waals surface area contributed by atoms with Crippen LogP contribution in [0.1, 0.15) is 22.3 Å². The summed E-state index contributed by atoms with van der Waals surface area (Å²) in [6.45, 7) is 0. The third kappa shape index (κ3) is 6.03. The first kappa shape index (κ1) is 39.8. The van der Waals surface area contributed by atoms with Crippen LogP contribution in [0.4, 0.5) is 17.1 Å². The molecule has 1 spiro atoms. The Bertz CT molecular complexity index is 3570. The molecule has 2 nitrogen and oxygen atoms in total. The van der Waals surface area contributed by atoms with E-state index in [1.165, 1.54) is 53.8 Å². The molecule has 0 unspecified atom stereocenters. The van der Waals surface area contributed by atoms with Gasteiger partial charge in [-0.3, -0.25) is 0 Å². The van der Waals surface area contributed by atoms with Gasteiger partial charge in [0.25, 0.3) is 0 Å². The van der Waals surface area contributed by atoms with Gasteiger partial charge in [-0.25, -0.2) is 0 Å². The third-order valence-electron chi connectivity index (χ3n) is 14.5. The maximum absolute atomic E-state index is 7.13. The van der Waals surface area contributed by atoms with Crippen molar-refractivity contribution < 1.29 is 4.74 Å². The largest absolute Gasteiger partial charge is 0.457 e. The quantitative estimate of drug-likeness (QED) is 0.148.